The maximum atomic E-state index is 4.41. The minimum absolute atomic E-state index is 0.359. The fraction of sp³-hybridized carbons (Fsp3) is 0.111. The summed E-state index contributed by atoms with van der Waals surface area (Å²) >= 11 is 0. The minimum Gasteiger partial charge on any atom is -0.378 e. The summed E-state index contributed by atoms with van der Waals surface area (Å²) in [5.41, 5.74) is 6.68. The van der Waals surface area contributed by atoms with Crippen molar-refractivity contribution in [2.75, 3.05) is 24.4 Å². The van der Waals surface area contributed by atoms with E-state index in [0.29, 0.717) is 5.95 Å². The third-order valence-corrected chi connectivity index (χ3v) is 3.42. The first kappa shape index (κ1) is 15.6. The fourth-order valence-electron chi connectivity index (χ4n) is 2.12. The van der Waals surface area contributed by atoms with Gasteiger partial charge in [-0.1, -0.05) is 42.5 Å². The van der Waals surface area contributed by atoms with E-state index in [4.69, 9.17) is 0 Å². The van der Waals surface area contributed by atoms with Crippen molar-refractivity contribution in [2.24, 2.45) is 5.10 Å². The van der Waals surface area contributed by atoms with Crippen molar-refractivity contribution in [1.82, 2.24) is 15.2 Å². The molecule has 120 valence electrons. The average Bonchev–Trinajstić information content (AvgIpc) is 2.63. The molecule has 1 aromatic heterocycles. The molecule has 2 aromatic carbocycles. The molecular formula is C18H18N6. The molecule has 0 radical (unpaired) electrons. The summed E-state index contributed by atoms with van der Waals surface area (Å²) in [6.45, 7) is 0. The van der Waals surface area contributed by atoms with Crippen molar-refractivity contribution in [1.29, 1.82) is 0 Å². The van der Waals surface area contributed by atoms with Crippen LogP contribution in [0.4, 0.5) is 11.6 Å². The zero-order valence-corrected chi connectivity index (χ0v) is 13.6. The summed E-state index contributed by atoms with van der Waals surface area (Å²) in [5.74, 6) is 0.359. The van der Waals surface area contributed by atoms with Gasteiger partial charge >= 0.3 is 0 Å². The summed E-state index contributed by atoms with van der Waals surface area (Å²) in [5, 5.41) is 12.1. The molecule has 0 aliphatic heterocycles. The third-order valence-electron chi connectivity index (χ3n) is 3.42. The fourth-order valence-corrected chi connectivity index (χ4v) is 2.12. The monoisotopic (exact) mass is 318 g/mol. The molecule has 3 rings (SSSR count). The van der Waals surface area contributed by atoms with E-state index in [0.717, 1.165) is 22.5 Å². The van der Waals surface area contributed by atoms with E-state index in [-0.39, 0.29) is 0 Å². The number of hydrogen-bond donors (Lipinski definition) is 1. The van der Waals surface area contributed by atoms with Crippen molar-refractivity contribution >= 4 is 17.9 Å². The zero-order chi connectivity index (χ0) is 16.8. The molecule has 0 saturated carbocycles. The molecule has 0 atom stereocenters. The summed E-state index contributed by atoms with van der Waals surface area (Å²) in [6, 6.07) is 17.9. The van der Waals surface area contributed by atoms with Gasteiger partial charge in [0.15, 0.2) is 0 Å². The Labute approximate surface area is 140 Å². The van der Waals surface area contributed by atoms with Gasteiger partial charge in [0.05, 0.1) is 18.1 Å². The first-order valence-corrected chi connectivity index (χ1v) is 7.54. The van der Waals surface area contributed by atoms with Gasteiger partial charge in [0.2, 0.25) is 0 Å². The number of hydrogen-bond acceptors (Lipinski definition) is 6. The van der Waals surface area contributed by atoms with Crippen LogP contribution < -0.4 is 10.3 Å². The van der Waals surface area contributed by atoms with Gasteiger partial charge in [-0.25, -0.2) is 10.4 Å². The van der Waals surface area contributed by atoms with Crippen molar-refractivity contribution in [3.8, 4) is 11.3 Å². The van der Waals surface area contributed by atoms with Gasteiger partial charge in [0.1, 0.15) is 0 Å². The number of aromatic nitrogens is 3. The molecule has 1 N–H and O–H groups in total. The highest BCUT2D eigenvalue weighted by Crippen LogP contribution is 2.15. The van der Waals surface area contributed by atoms with E-state index in [2.05, 4.69) is 25.7 Å². The van der Waals surface area contributed by atoms with Crippen LogP contribution in [0.25, 0.3) is 11.3 Å². The summed E-state index contributed by atoms with van der Waals surface area (Å²) in [4.78, 5) is 6.46. The van der Waals surface area contributed by atoms with Crippen LogP contribution in [0.5, 0.6) is 0 Å². The Hall–Kier alpha value is -3.28. The van der Waals surface area contributed by atoms with Crippen LogP contribution in [0, 0.1) is 0 Å². The number of benzene rings is 2. The van der Waals surface area contributed by atoms with Crippen LogP contribution in [-0.4, -0.2) is 35.5 Å². The van der Waals surface area contributed by atoms with Crippen LogP contribution in [0.2, 0.25) is 0 Å². The maximum absolute atomic E-state index is 4.41. The van der Waals surface area contributed by atoms with Crippen LogP contribution >= 0.6 is 0 Å². The normalized spacial score (nSPS) is 10.8. The smallest absolute Gasteiger partial charge is 0.263 e. The Morgan fingerprint density at radius 2 is 1.75 bits per heavy atom. The van der Waals surface area contributed by atoms with Crippen molar-refractivity contribution < 1.29 is 0 Å². The van der Waals surface area contributed by atoms with Crippen LogP contribution in [0.15, 0.2) is 65.9 Å². The van der Waals surface area contributed by atoms with Crippen LogP contribution in [-0.2, 0) is 0 Å². The number of anilines is 2. The van der Waals surface area contributed by atoms with Crippen molar-refractivity contribution in [2.45, 2.75) is 0 Å². The second-order valence-electron chi connectivity index (χ2n) is 5.39. The van der Waals surface area contributed by atoms with E-state index in [1.165, 1.54) is 0 Å². The molecule has 0 bridgehead atoms. The molecule has 0 amide bonds. The lowest BCUT2D eigenvalue weighted by molar-refractivity contribution is 0.967. The number of rotatable bonds is 5. The number of hydrazone groups is 1. The van der Waals surface area contributed by atoms with E-state index in [1.54, 1.807) is 12.4 Å². The Morgan fingerprint density at radius 3 is 2.46 bits per heavy atom. The molecule has 0 aliphatic carbocycles. The summed E-state index contributed by atoms with van der Waals surface area (Å²) in [6.07, 6.45) is 3.35. The first-order chi connectivity index (χ1) is 11.7. The molecule has 0 saturated heterocycles. The SMILES string of the molecule is CN(C)c1ccc(/C=N/Nc2nncc(-c3ccccc3)n2)cc1. The predicted octanol–water partition coefficient (Wildman–Crippen LogP) is 3.05. The minimum atomic E-state index is 0.359. The summed E-state index contributed by atoms with van der Waals surface area (Å²) in [7, 11) is 4.02. The van der Waals surface area contributed by atoms with E-state index in [9.17, 15) is 0 Å². The van der Waals surface area contributed by atoms with E-state index < -0.39 is 0 Å². The number of nitrogens with one attached hydrogen (secondary N) is 1. The quantitative estimate of drug-likeness (QED) is 0.578. The Kier molecular flexibility index (Phi) is 4.76. The molecule has 24 heavy (non-hydrogen) atoms. The van der Waals surface area contributed by atoms with Gasteiger partial charge in [-0.05, 0) is 17.7 Å². The van der Waals surface area contributed by atoms with Gasteiger partial charge in [-0.2, -0.15) is 10.2 Å². The Bertz CT molecular complexity index is 812. The van der Waals surface area contributed by atoms with Gasteiger partial charge in [0, 0.05) is 25.3 Å². The third kappa shape index (κ3) is 3.92. The molecule has 0 aliphatic rings. The molecule has 0 spiro atoms. The van der Waals surface area contributed by atoms with Gasteiger partial charge in [-0.15, -0.1) is 5.10 Å². The lowest BCUT2D eigenvalue weighted by Crippen LogP contribution is -2.08. The Morgan fingerprint density at radius 1 is 1.00 bits per heavy atom. The van der Waals surface area contributed by atoms with Gasteiger partial charge in [-0.3, -0.25) is 0 Å². The largest absolute Gasteiger partial charge is 0.378 e. The molecule has 3 aromatic rings. The second kappa shape index (κ2) is 7.32. The van der Waals surface area contributed by atoms with Gasteiger partial charge < -0.3 is 4.90 Å². The lowest BCUT2D eigenvalue weighted by atomic mass is 10.2. The zero-order valence-electron chi connectivity index (χ0n) is 13.6. The standard InChI is InChI=1S/C18H18N6/c1-24(2)16-10-8-14(9-11-16)12-19-22-18-21-17(13-20-23-18)15-6-4-3-5-7-15/h3-13H,1-2H3,(H,21,22,23)/b19-12+. The Balaban J connectivity index is 1.68. The second-order valence-corrected chi connectivity index (χ2v) is 5.39. The molecular weight excluding hydrogens is 300 g/mol. The van der Waals surface area contributed by atoms with Crippen molar-refractivity contribution in [3.05, 3.63) is 66.4 Å². The van der Waals surface area contributed by atoms with Crippen LogP contribution in [0.1, 0.15) is 5.56 Å². The highest BCUT2D eigenvalue weighted by atomic mass is 15.4. The number of nitrogens with zero attached hydrogens (tertiary/aromatic N) is 5. The molecule has 6 nitrogen and oxygen atoms in total. The predicted molar refractivity (Wildman–Crippen MR) is 97.2 cm³/mol. The summed E-state index contributed by atoms with van der Waals surface area (Å²) < 4.78 is 0. The topological polar surface area (TPSA) is 66.3 Å². The molecule has 0 unspecified atom stereocenters. The van der Waals surface area contributed by atoms with E-state index >= 15 is 0 Å². The lowest BCUT2D eigenvalue weighted by Gasteiger charge is -2.11. The molecule has 0 fully saturated rings. The van der Waals surface area contributed by atoms with Crippen molar-refractivity contribution in [3.63, 3.8) is 0 Å². The van der Waals surface area contributed by atoms with E-state index in [1.807, 2.05) is 73.6 Å². The average molecular weight is 318 g/mol. The maximum Gasteiger partial charge on any atom is 0.263 e. The van der Waals surface area contributed by atoms with Crippen LogP contribution in [0.3, 0.4) is 0 Å². The van der Waals surface area contributed by atoms with Gasteiger partial charge in [0.25, 0.3) is 5.95 Å². The highest BCUT2D eigenvalue weighted by molar-refractivity contribution is 5.80. The first-order valence-electron chi connectivity index (χ1n) is 7.54. The molecule has 6 heteroatoms. The molecule has 1 heterocycles. The highest BCUT2D eigenvalue weighted by Gasteiger charge is 2.01.